The highest BCUT2D eigenvalue weighted by molar-refractivity contribution is 6.02. The van der Waals surface area contributed by atoms with Crippen molar-refractivity contribution in [1.29, 1.82) is 0 Å². The van der Waals surface area contributed by atoms with Crippen LogP contribution in [-0.2, 0) is 0 Å². The topological polar surface area (TPSA) is 52.3 Å². The summed E-state index contributed by atoms with van der Waals surface area (Å²) in [4.78, 5) is 11.9. The summed E-state index contributed by atoms with van der Waals surface area (Å²) in [6.45, 7) is 4.06. The van der Waals surface area contributed by atoms with E-state index in [1.165, 1.54) is 0 Å². The Kier molecular flexibility index (Phi) is 3.92. The van der Waals surface area contributed by atoms with Crippen LogP contribution in [0.2, 0.25) is 0 Å². The third-order valence-electron chi connectivity index (χ3n) is 6.13. The van der Waals surface area contributed by atoms with E-state index in [0.29, 0.717) is 11.3 Å². The van der Waals surface area contributed by atoms with Gasteiger partial charge in [0.2, 0.25) is 0 Å². The summed E-state index contributed by atoms with van der Waals surface area (Å²) in [6, 6.07) is 27.9. The van der Waals surface area contributed by atoms with Gasteiger partial charge in [0, 0.05) is 38.4 Å². The second kappa shape index (κ2) is 6.82. The Bertz CT molecular complexity index is 1700. The standard InChI is InChI=1S/C29H19NO2/c1-17-6-10-23-18(14-17)7-11-25-27(22-5-3-2-4-20(22)16-31)26-12-8-19-15-21(30)9-13-24(19)29(26)32-28(23)25/h2-16H,1,30H2. The second-order valence-corrected chi connectivity index (χ2v) is 8.10. The zero-order chi connectivity index (χ0) is 21.8. The Morgan fingerprint density at radius 3 is 2.38 bits per heavy atom. The van der Waals surface area contributed by atoms with Crippen LogP contribution in [0.3, 0.4) is 0 Å². The molecule has 0 aromatic heterocycles. The molecule has 5 aromatic carbocycles. The van der Waals surface area contributed by atoms with Crippen LogP contribution in [0.15, 0.2) is 84.9 Å². The third-order valence-corrected chi connectivity index (χ3v) is 6.13. The molecule has 152 valence electrons. The minimum absolute atomic E-state index is 0.645. The molecule has 0 amide bonds. The quantitative estimate of drug-likeness (QED) is 0.315. The minimum atomic E-state index is 0.645. The van der Waals surface area contributed by atoms with Crippen molar-refractivity contribution in [2.75, 3.05) is 5.73 Å². The van der Waals surface area contributed by atoms with E-state index >= 15 is 0 Å². The molecule has 1 aliphatic rings. The number of nitrogens with two attached hydrogens (primary N) is 1. The number of rotatable bonds is 2. The van der Waals surface area contributed by atoms with Gasteiger partial charge in [-0.25, -0.2) is 0 Å². The number of carbonyl (C=O) groups excluding carboxylic acids is 1. The molecule has 0 atom stereocenters. The van der Waals surface area contributed by atoms with E-state index in [4.69, 9.17) is 10.5 Å². The van der Waals surface area contributed by atoms with Gasteiger partial charge in [-0.05, 0) is 58.0 Å². The number of nitrogen functional groups attached to an aromatic ring is 1. The summed E-state index contributed by atoms with van der Waals surface area (Å²) in [7, 11) is 0. The first kappa shape index (κ1) is 18.4. The normalized spacial score (nSPS) is 12.3. The average Bonchev–Trinajstić information content (AvgIpc) is 2.82. The van der Waals surface area contributed by atoms with Crippen molar-refractivity contribution in [2.45, 2.75) is 0 Å². The lowest BCUT2D eigenvalue weighted by Gasteiger charge is -2.24. The van der Waals surface area contributed by atoms with Gasteiger partial charge in [0.05, 0.1) is 0 Å². The highest BCUT2D eigenvalue weighted by atomic mass is 16.5. The van der Waals surface area contributed by atoms with Gasteiger partial charge in [-0.1, -0.05) is 55.1 Å². The lowest BCUT2D eigenvalue weighted by molar-refractivity contribution is 0.112. The molecule has 2 N–H and O–H groups in total. The number of benzene rings is 5. The molecule has 0 saturated carbocycles. The van der Waals surface area contributed by atoms with Crippen LogP contribution in [0, 0.1) is 0 Å². The van der Waals surface area contributed by atoms with Crippen molar-refractivity contribution in [3.8, 4) is 11.5 Å². The van der Waals surface area contributed by atoms with Gasteiger partial charge < -0.3 is 10.5 Å². The fourth-order valence-electron chi connectivity index (χ4n) is 4.65. The zero-order valence-electron chi connectivity index (χ0n) is 17.3. The molecule has 3 heteroatoms. The van der Waals surface area contributed by atoms with Crippen LogP contribution in [0.1, 0.15) is 21.5 Å². The van der Waals surface area contributed by atoms with Gasteiger partial charge in [-0.3, -0.25) is 4.79 Å². The van der Waals surface area contributed by atoms with Crippen LogP contribution in [-0.4, -0.2) is 6.29 Å². The van der Waals surface area contributed by atoms with Gasteiger partial charge in [0.1, 0.15) is 11.5 Å². The molecule has 1 heterocycles. The molecule has 0 saturated heterocycles. The molecule has 6 rings (SSSR count). The van der Waals surface area contributed by atoms with Crippen molar-refractivity contribution in [1.82, 2.24) is 0 Å². The molecular formula is C29H19NO2. The molecule has 32 heavy (non-hydrogen) atoms. The number of ether oxygens (including phenoxy) is 1. The van der Waals surface area contributed by atoms with E-state index in [1.807, 2.05) is 54.6 Å². The number of hydrogen-bond acceptors (Lipinski definition) is 3. The smallest absolute Gasteiger partial charge is 0.150 e. The van der Waals surface area contributed by atoms with Crippen LogP contribution >= 0.6 is 0 Å². The highest BCUT2D eigenvalue weighted by Crippen LogP contribution is 2.43. The number of aldehydes is 1. The van der Waals surface area contributed by atoms with Crippen molar-refractivity contribution in [3.63, 3.8) is 0 Å². The number of anilines is 1. The largest absolute Gasteiger partial charge is 0.455 e. The highest BCUT2D eigenvalue weighted by Gasteiger charge is 2.24. The van der Waals surface area contributed by atoms with Crippen molar-refractivity contribution >= 4 is 45.7 Å². The predicted molar refractivity (Wildman–Crippen MR) is 131 cm³/mol. The van der Waals surface area contributed by atoms with E-state index in [1.54, 1.807) is 0 Å². The maximum Gasteiger partial charge on any atom is 0.150 e. The van der Waals surface area contributed by atoms with Crippen LogP contribution in [0.4, 0.5) is 5.69 Å². The molecule has 1 aliphatic heterocycles. The molecule has 0 radical (unpaired) electrons. The summed E-state index contributed by atoms with van der Waals surface area (Å²) < 4.78 is 6.64. The Hall–Kier alpha value is -4.37. The van der Waals surface area contributed by atoms with E-state index in [2.05, 4.69) is 36.9 Å². The Labute approximate surface area is 184 Å². The summed E-state index contributed by atoms with van der Waals surface area (Å²) >= 11 is 0. The van der Waals surface area contributed by atoms with E-state index in [-0.39, 0.29) is 0 Å². The molecule has 0 bridgehead atoms. The van der Waals surface area contributed by atoms with E-state index in [0.717, 1.165) is 66.5 Å². The third kappa shape index (κ3) is 2.65. The van der Waals surface area contributed by atoms with Crippen molar-refractivity contribution < 1.29 is 9.53 Å². The Balaban J connectivity index is 1.82. The van der Waals surface area contributed by atoms with E-state index < -0.39 is 0 Å². The maximum atomic E-state index is 11.9. The van der Waals surface area contributed by atoms with Gasteiger partial charge in [-0.15, -0.1) is 0 Å². The maximum absolute atomic E-state index is 11.9. The van der Waals surface area contributed by atoms with E-state index in [9.17, 15) is 4.79 Å². The molecule has 5 aromatic rings. The first-order valence-electron chi connectivity index (χ1n) is 10.4. The summed E-state index contributed by atoms with van der Waals surface area (Å²) in [5.74, 6) is 1.56. The minimum Gasteiger partial charge on any atom is -0.455 e. The van der Waals surface area contributed by atoms with Gasteiger partial charge in [0.25, 0.3) is 0 Å². The van der Waals surface area contributed by atoms with Gasteiger partial charge in [0.15, 0.2) is 6.29 Å². The van der Waals surface area contributed by atoms with Crippen molar-refractivity contribution in [3.05, 3.63) is 112 Å². The zero-order valence-corrected chi connectivity index (χ0v) is 17.3. The lowest BCUT2D eigenvalue weighted by atomic mass is 9.88. The SMILES string of the molecule is C=c1ccc2c3c(ccc2c1)=C(c1ccccc1C=O)c1ccc2cc(N)ccc2c1O3. The summed E-state index contributed by atoms with van der Waals surface area (Å²) in [6.07, 6.45) is 0.912. The molecule has 3 nitrogen and oxygen atoms in total. The number of hydrogen-bond donors (Lipinski definition) is 1. The Morgan fingerprint density at radius 2 is 1.50 bits per heavy atom. The predicted octanol–water partition coefficient (Wildman–Crippen LogP) is 5.15. The second-order valence-electron chi connectivity index (χ2n) is 8.10. The lowest BCUT2D eigenvalue weighted by Crippen LogP contribution is -2.18. The van der Waals surface area contributed by atoms with Crippen LogP contribution < -0.4 is 20.9 Å². The first-order chi connectivity index (χ1) is 15.6. The molecule has 0 aliphatic carbocycles. The monoisotopic (exact) mass is 413 g/mol. The molecular weight excluding hydrogens is 394 g/mol. The fraction of sp³-hybridized carbons (Fsp3) is 0. The first-order valence-corrected chi connectivity index (χ1v) is 10.4. The van der Waals surface area contributed by atoms with Gasteiger partial charge >= 0.3 is 0 Å². The molecule has 0 spiro atoms. The van der Waals surface area contributed by atoms with Crippen molar-refractivity contribution in [2.24, 2.45) is 0 Å². The molecule has 0 fully saturated rings. The molecule has 0 unspecified atom stereocenters. The summed E-state index contributed by atoms with van der Waals surface area (Å²) in [5, 5.41) is 5.97. The van der Waals surface area contributed by atoms with Crippen LogP contribution in [0.5, 0.6) is 11.5 Å². The Morgan fingerprint density at radius 1 is 0.750 bits per heavy atom. The van der Waals surface area contributed by atoms with Crippen LogP contribution in [0.25, 0.3) is 33.7 Å². The number of carbonyl (C=O) groups is 1. The fourth-order valence-corrected chi connectivity index (χ4v) is 4.65. The van der Waals surface area contributed by atoms with Gasteiger partial charge in [-0.2, -0.15) is 0 Å². The average molecular weight is 413 g/mol. The number of fused-ring (bicyclic) bond motifs is 6. The summed E-state index contributed by atoms with van der Waals surface area (Å²) in [5.41, 5.74) is 10.2.